The Balaban J connectivity index is 2.41. The maximum absolute atomic E-state index is 11.3. The van der Waals surface area contributed by atoms with E-state index in [1.54, 1.807) is 0 Å². The van der Waals surface area contributed by atoms with Crippen molar-refractivity contribution in [3.63, 3.8) is 0 Å². The van der Waals surface area contributed by atoms with Crippen molar-refractivity contribution >= 4 is 11.4 Å². The summed E-state index contributed by atoms with van der Waals surface area (Å²) in [7, 11) is 0. The predicted octanol–water partition coefficient (Wildman–Crippen LogP) is 2.42. The van der Waals surface area contributed by atoms with E-state index in [4.69, 9.17) is 5.73 Å². The Morgan fingerprint density at radius 1 is 1.06 bits per heavy atom. The van der Waals surface area contributed by atoms with Crippen LogP contribution in [0.25, 0.3) is 0 Å². The van der Waals surface area contributed by atoms with Crippen molar-refractivity contribution < 1.29 is 0 Å². The average Bonchev–Trinajstić information content (AvgIpc) is 2.34. The van der Waals surface area contributed by atoms with Crippen LogP contribution in [0, 0.1) is 0 Å². The lowest BCUT2D eigenvalue weighted by atomic mass is 9.95. The van der Waals surface area contributed by atoms with Gasteiger partial charge in [-0.15, -0.1) is 0 Å². The van der Waals surface area contributed by atoms with E-state index < -0.39 is 10.9 Å². The second kappa shape index (κ2) is 6.03. The number of nitrogens with one attached hydrogen (secondary N) is 1. The van der Waals surface area contributed by atoms with Crippen molar-refractivity contribution in [3.05, 3.63) is 20.4 Å². The third-order valence-corrected chi connectivity index (χ3v) is 3.32. The molecule has 0 atom stereocenters. The van der Waals surface area contributed by atoms with E-state index in [0.29, 0.717) is 5.69 Å². The summed E-state index contributed by atoms with van der Waals surface area (Å²) < 4.78 is 0. The molecule has 0 aliphatic carbocycles. The summed E-state index contributed by atoms with van der Waals surface area (Å²) >= 11 is 0. The Morgan fingerprint density at radius 3 is 2.22 bits per heavy atom. The molecule has 4 nitrogen and oxygen atoms in total. The first-order chi connectivity index (χ1) is 8.39. The number of anilines is 2. The SMILES string of the molecule is CCCCCCCC(C)(C)Nc1c(N)c(=O)c1=O. The summed E-state index contributed by atoms with van der Waals surface area (Å²) in [5.74, 6) is 0. The summed E-state index contributed by atoms with van der Waals surface area (Å²) in [4.78, 5) is 22.3. The summed E-state index contributed by atoms with van der Waals surface area (Å²) in [5, 5.41) is 3.10. The Bertz CT molecular complexity index is 456. The molecule has 0 spiro atoms. The van der Waals surface area contributed by atoms with Crippen LogP contribution in [-0.4, -0.2) is 5.54 Å². The fourth-order valence-corrected chi connectivity index (χ4v) is 2.10. The molecule has 0 aliphatic heterocycles. The summed E-state index contributed by atoms with van der Waals surface area (Å²) in [6, 6.07) is 0. The van der Waals surface area contributed by atoms with Crippen LogP contribution in [0.3, 0.4) is 0 Å². The normalized spacial score (nSPS) is 11.9. The van der Waals surface area contributed by atoms with Gasteiger partial charge < -0.3 is 11.1 Å². The first-order valence-corrected chi connectivity index (χ1v) is 6.76. The minimum Gasteiger partial charge on any atom is -0.394 e. The molecule has 0 aliphatic rings. The van der Waals surface area contributed by atoms with Gasteiger partial charge in [0.05, 0.1) is 0 Å². The van der Waals surface area contributed by atoms with Gasteiger partial charge in [-0.25, -0.2) is 0 Å². The van der Waals surface area contributed by atoms with Crippen molar-refractivity contribution in [2.24, 2.45) is 0 Å². The molecule has 1 aromatic carbocycles. The number of hydrogen-bond donors (Lipinski definition) is 2. The molecular formula is C14H24N2O2. The largest absolute Gasteiger partial charge is 0.394 e. The van der Waals surface area contributed by atoms with Gasteiger partial charge in [0, 0.05) is 5.54 Å². The lowest BCUT2D eigenvalue weighted by Crippen LogP contribution is -2.42. The second-order valence-corrected chi connectivity index (χ2v) is 5.62. The first kappa shape index (κ1) is 14.7. The highest BCUT2D eigenvalue weighted by Crippen LogP contribution is 2.22. The summed E-state index contributed by atoms with van der Waals surface area (Å²) in [6.45, 7) is 6.26. The van der Waals surface area contributed by atoms with Gasteiger partial charge in [0.15, 0.2) is 0 Å². The second-order valence-electron chi connectivity index (χ2n) is 5.62. The van der Waals surface area contributed by atoms with Crippen LogP contribution >= 0.6 is 0 Å². The van der Waals surface area contributed by atoms with E-state index in [9.17, 15) is 9.59 Å². The fraction of sp³-hybridized carbons (Fsp3) is 0.714. The van der Waals surface area contributed by atoms with Crippen LogP contribution in [0.5, 0.6) is 0 Å². The fourth-order valence-electron chi connectivity index (χ4n) is 2.10. The first-order valence-electron chi connectivity index (χ1n) is 6.76. The van der Waals surface area contributed by atoms with Crippen LogP contribution in [-0.2, 0) is 0 Å². The summed E-state index contributed by atoms with van der Waals surface area (Å²) in [5.41, 5.74) is 4.66. The lowest BCUT2D eigenvalue weighted by Gasteiger charge is -2.28. The highest BCUT2D eigenvalue weighted by molar-refractivity contribution is 5.71. The molecule has 0 saturated carbocycles. The van der Waals surface area contributed by atoms with Crippen molar-refractivity contribution in [1.82, 2.24) is 0 Å². The Hall–Kier alpha value is -1.32. The van der Waals surface area contributed by atoms with Gasteiger partial charge >= 0.3 is 0 Å². The highest BCUT2D eigenvalue weighted by Gasteiger charge is 2.24. The van der Waals surface area contributed by atoms with E-state index in [-0.39, 0.29) is 11.2 Å². The van der Waals surface area contributed by atoms with Crippen molar-refractivity contribution in [2.45, 2.75) is 64.8 Å². The Labute approximate surface area is 108 Å². The van der Waals surface area contributed by atoms with Crippen LogP contribution < -0.4 is 21.9 Å². The molecule has 1 rings (SSSR count). The molecule has 0 radical (unpaired) electrons. The van der Waals surface area contributed by atoms with Crippen LogP contribution in [0.1, 0.15) is 59.3 Å². The average molecular weight is 252 g/mol. The van der Waals surface area contributed by atoms with Gasteiger partial charge in [-0.3, -0.25) is 9.59 Å². The predicted molar refractivity (Wildman–Crippen MR) is 76.8 cm³/mol. The molecule has 3 N–H and O–H groups in total. The minimum absolute atomic E-state index is 0.0825. The molecule has 0 heterocycles. The zero-order valence-corrected chi connectivity index (χ0v) is 11.6. The number of hydrogen-bond acceptors (Lipinski definition) is 4. The molecule has 102 valence electrons. The van der Waals surface area contributed by atoms with Gasteiger partial charge in [-0.05, 0) is 20.3 Å². The van der Waals surface area contributed by atoms with Crippen molar-refractivity contribution in [1.29, 1.82) is 0 Å². The zero-order chi connectivity index (χ0) is 13.8. The smallest absolute Gasteiger partial charge is 0.253 e. The van der Waals surface area contributed by atoms with E-state index >= 15 is 0 Å². The van der Waals surface area contributed by atoms with Crippen molar-refractivity contribution in [3.8, 4) is 0 Å². The Kier molecular flexibility index (Phi) is 4.93. The minimum atomic E-state index is -0.559. The molecule has 0 fully saturated rings. The monoisotopic (exact) mass is 252 g/mol. The van der Waals surface area contributed by atoms with Gasteiger partial charge in [0.2, 0.25) is 0 Å². The van der Waals surface area contributed by atoms with E-state index in [2.05, 4.69) is 12.2 Å². The molecule has 1 aromatic rings. The number of nitrogen functional groups attached to an aromatic ring is 1. The third-order valence-electron chi connectivity index (χ3n) is 3.32. The number of unbranched alkanes of at least 4 members (excludes halogenated alkanes) is 4. The Morgan fingerprint density at radius 2 is 1.67 bits per heavy atom. The van der Waals surface area contributed by atoms with E-state index in [1.807, 2.05) is 13.8 Å². The molecule has 0 saturated heterocycles. The van der Waals surface area contributed by atoms with Crippen molar-refractivity contribution in [2.75, 3.05) is 11.1 Å². The quantitative estimate of drug-likeness (QED) is 0.550. The molecule has 18 heavy (non-hydrogen) atoms. The third kappa shape index (κ3) is 3.59. The molecular weight excluding hydrogens is 228 g/mol. The maximum atomic E-state index is 11.3. The van der Waals surface area contributed by atoms with Gasteiger partial charge in [0.25, 0.3) is 10.9 Å². The van der Waals surface area contributed by atoms with Crippen LogP contribution in [0.15, 0.2) is 9.59 Å². The van der Waals surface area contributed by atoms with Crippen LogP contribution in [0.4, 0.5) is 11.4 Å². The number of nitrogens with two attached hydrogens (primary N) is 1. The molecule has 0 unspecified atom stereocenters. The topological polar surface area (TPSA) is 72.2 Å². The maximum Gasteiger partial charge on any atom is 0.253 e. The van der Waals surface area contributed by atoms with Crippen LogP contribution in [0.2, 0.25) is 0 Å². The molecule has 0 amide bonds. The standard InChI is InChI=1S/C14H24N2O2/c1-4-5-6-7-8-9-14(2,3)16-11-10(15)12(17)13(11)18/h16H,4-9,15H2,1-3H3. The van der Waals surface area contributed by atoms with E-state index in [1.165, 1.54) is 25.7 Å². The molecule has 4 heteroatoms. The molecule has 0 bridgehead atoms. The number of rotatable bonds is 8. The molecule has 0 aromatic heterocycles. The zero-order valence-electron chi connectivity index (χ0n) is 11.6. The van der Waals surface area contributed by atoms with Gasteiger partial charge in [0.1, 0.15) is 11.4 Å². The van der Waals surface area contributed by atoms with E-state index in [0.717, 1.165) is 12.8 Å². The lowest BCUT2D eigenvalue weighted by molar-refractivity contribution is 0.474. The van der Waals surface area contributed by atoms with Gasteiger partial charge in [-0.1, -0.05) is 39.0 Å². The highest BCUT2D eigenvalue weighted by atomic mass is 16.2. The summed E-state index contributed by atoms with van der Waals surface area (Å²) in [6.07, 6.45) is 7.07. The van der Waals surface area contributed by atoms with Gasteiger partial charge in [-0.2, -0.15) is 0 Å².